The summed E-state index contributed by atoms with van der Waals surface area (Å²) in [6.45, 7) is 8.87. The van der Waals surface area contributed by atoms with Crippen LogP contribution in [-0.2, 0) is 23.9 Å². The molecule has 42 heavy (non-hydrogen) atoms. The van der Waals surface area contributed by atoms with Crippen LogP contribution in [0.4, 0.5) is 0 Å². The monoisotopic (exact) mass is 595 g/mol. The Bertz CT molecular complexity index is 552. The van der Waals surface area contributed by atoms with Crippen molar-refractivity contribution in [2.24, 2.45) is 0 Å². The standard InChI is InChI=1S/C37H70O5/c1-5-9-13-17-21-25-34(26-22-18-14-10-6-2)41-36(39)31-29-33(38)30-32-37(40)42-35(27-23-19-15-11-7-3)28-24-20-16-12-8-4/h34-35H,5-32H2,1-4H3. The van der Waals surface area contributed by atoms with Gasteiger partial charge in [-0.3, -0.25) is 14.4 Å². The van der Waals surface area contributed by atoms with Crippen LogP contribution >= 0.6 is 0 Å². The van der Waals surface area contributed by atoms with Gasteiger partial charge in [0.1, 0.15) is 18.0 Å². The second kappa shape index (κ2) is 31.0. The Balaban J connectivity index is 4.47. The molecule has 0 aliphatic carbocycles. The number of unbranched alkanes of at least 4 members (excludes halogenated alkanes) is 16. The highest BCUT2D eigenvalue weighted by Crippen LogP contribution is 2.19. The first-order valence-electron chi connectivity index (χ1n) is 18.4. The molecule has 0 rings (SSSR count). The smallest absolute Gasteiger partial charge is 0.306 e. The predicted molar refractivity (Wildman–Crippen MR) is 177 cm³/mol. The summed E-state index contributed by atoms with van der Waals surface area (Å²) in [5.41, 5.74) is 0. The van der Waals surface area contributed by atoms with Crippen molar-refractivity contribution < 1.29 is 23.9 Å². The average molecular weight is 595 g/mol. The molecule has 5 heteroatoms. The number of ketones is 1. The third-order valence-corrected chi connectivity index (χ3v) is 8.33. The quantitative estimate of drug-likeness (QED) is 0.0572. The van der Waals surface area contributed by atoms with Gasteiger partial charge in [-0.1, -0.05) is 130 Å². The van der Waals surface area contributed by atoms with Crippen molar-refractivity contribution in [2.45, 2.75) is 220 Å². The Morgan fingerprint density at radius 3 is 0.905 bits per heavy atom. The third kappa shape index (κ3) is 27.4. The molecule has 0 heterocycles. The summed E-state index contributed by atoms with van der Waals surface area (Å²) in [6, 6.07) is 0. The number of Topliss-reactive ketones (excluding diaryl/α,β-unsaturated/α-hetero) is 1. The van der Waals surface area contributed by atoms with Crippen LogP contribution in [0.3, 0.4) is 0 Å². The van der Waals surface area contributed by atoms with Gasteiger partial charge in [0.25, 0.3) is 0 Å². The van der Waals surface area contributed by atoms with E-state index in [1.54, 1.807) is 0 Å². The molecule has 0 aliphatic heterocycles. The van der Waals surface area contributed by atoms with Crippen molar-refractivity contribution in [1.29, 1.82) is 0 Å². The third-order valence-electron chi connectivity index (χ3n) is 8.33. The average Bonchev–Trinajstić information content (AvgIpc) is 2.98. The number of hydrogen-bond acceptors (Lipinski definition) is 5. The molecule has 0 bridgehead atoms. The van der Waals surface area contributed by atoms with Gasteiger partial charge in [0.2, 0.25) is 0 Å². The van der Waals surface area contributed by atoms with Crippen LogP contribution < -0.4 is 0 Å². The van der Waals surface area contributed by atoms with Crippen LogP contribution in [0.15, 0.2) is 0 Å². The molecule has 0 aromatic rings. The maximum Gasteiger partial charge on any atom is 0.306 e. The highest BCUT2D eigenvalue weighted by atomic mass is 16.5. The summed E-state index contributed by atoms with van der Waals surface area (Å²) in [5, 5.41) is 0. The molecule has 0 fully saturated rings. The Kier molecular flexibility index (Phi) is 30.0. The van der Waals surface area contributed by atoms with Crippen molar-refractivity contribution >= 4 is 17.7 Å². The van der Waals surface area contributed by atoms with Gasteiger partial charge in [-0.05, 0) is 51.4 Å². The molecule has 0 saturated carbocycles. The maximum absolute atomic E-state index is 12.6. The highest BCUT2D eigenvalue weighted by molar-refractivity contribution is 5.85. The van der Waals surface area contributed by atoms with E-state index in [4.69, 9.17) is 9.47 Å². The van der Waals surface area contributed by atoms with Gasteiger partial charge < -0.3 is 9.47 Å². The first kappa shape index (κ1) is 40.6. The Morgan fingerprint density at radius 1 is 0.381 bits per heavy atom. The van der Waals surface area contributed by atoms with Crippen molar-refractivity contribution in [1.82, 2.24) is 0 Å². The summed E-state index contributed by atoms with van der Waals surface area (Å²) >= 11 is 0. The largest absolute Gasteiger partial charge is 0.462 e. The first-order chi connectivity index (χ1) is 20.5. The number of carbonyl (C=O) groups is 3. The minimum Gasteiger partial charge on any atom is -0.462 e. The number of carbonyl (C=O) groups excluding carboxylic acids is 3. The SMILES string of the molecule is CCCCCCCC(CCCCCCC)OC(=O)CCC(=O)CCC(=O)OC(CCCCCCC)CCCCCCC. The van der Waals surface area contributed by atoms with E-state index in [0.717, 1.165) is 51.4 Å². The lowest BCUT2D eigenvalue weighted by molar-refractivity contribution is -0.151. The van der Waals surface area contributed by atoms with Gasteiger partial charge in [-0.15, -0.1) is 0 Å². The molecule has 0 N–H and O–H groups in total. The van der Waals surface area contributed by atoms with Gasteiger partial charge in [0.05, 0.1) is 12.8 Å². The number of ether oxygens (including phenoxy) is 2. The van der Waals surface area contributed by atoms with Crippen molar-refractivity contribution in [3.63, 3.8) is 0 Å². The maximum atomic E-state index is 12.6. The lowest BCUT2D eigenvalue weighted by Crippen LogP contribution is -2.20. The topological polar surface area (TPSA) is 69.7 Å². The Labute approximate surface area is 261 Å². The fraction of sp³-hybridized carbons (Fsp3) is 0.919. The Hall–Kier alpha value is -1.39. The molecule has 0 atom stereocenters. The number of esters is 2. The molecule has 0 aromatic heterocycles. The summed E-state index contributed by atoms with van der Waals surface area (Å²) in [4.78, 5) is 37.7. The van der Waals surface area contributed by atoms with Crippen molar-refractivity contribution in [3.8, 4) is 0 Å². The van der Waals surface area contributed by atoms with Gasteiger partial charge in [0.15, 0.2) is 0 Å². The van der Waals surface area contributed by atoms with Gasteiger partial charge >= 0.3 is 11.9 Å². The fourth-order valence-corrected chi connectivity index (χ4v) is 5.52. The van der Waals surface area contributed by atoms with Crippen LogP contribution in [-0.4, -0.2) is 29.9 Å². The molecular weight excluding hydrogens is 524 g/mol. The van der Waals surface area contributed by atoms with E-state index < -0.39 is 0 Å². The molecule has 0 aliphatic rings. The molecule has 0 spiro atoms. The van der Waals surface area contributed by atoms with Crippen LogP contribution in [0.1, 0.15) is 207 Å². The van der Waals surface area contributed by atoms with Crippen molar-refractivity contribution in [3.05, 3.63) is 0 Å². The van der Waals surface area contributed by atoms with Gasteiger partial charge in [0, 0.05) is 12.8 Å². The van der Waals surface area contributed by atoms with Crippen LogP contribution in [0, 0.1) is 0 Å². The summed E-state index contributed by atoms with van der Waals surface area (Å²) in [5.74, 6) is -0.608. The molecule has 0 amide bonds. The van der Waals surface area contributed by atoms with E-state index in [1.807, 2.05) is 0 Å². The van der Waals surface area contributed by atoms with Crippen LogP contribution in [0.2, 0.25) is 0 Å². The molecule has 0 aromatic carbocycles. The molecular formula is C37H70O5. The number of hydrogen-bond donors (Lipinski definition) is 0. The van der Waals surface area contributed by atoms with E-state index in [2.05, 4.69) is 27.7 Å². The number of rotatable bonds is 32. The molecule has 0 saturated heterocycles. The minimum atomic E-state index is -0.274. The molecule has 0 radical (unpaired) electrons. The minimum absolute atomic E-state index is 0.0355. The summed E-state index contributed by atoms with van der Waals surface area (Å²) in [6.07, 6.45) is 28.1. The highest BCUT2D eigenvalue weighted by Gasteiger charge is 2.18. The first-order valence-corrected chi connectivity index (χ1v) is 18.4. The Morgan fingerprint density at radius 2 is 0.643 bits per heavy atom. The van der Waals surface area contributed by atoms with Crippen molar-refractivity contribution in [2.75, 3.05) is 0 Å². The van der Waals surface area contributed by atoms with Gasteiger partial charge in [-0.2, -0.15) is 0 Å². The van der Waals surface area contributed by atoms with E-state index in [-0.39, 0.29) is 55.6 Å². The van der Waals surface area contributed by atoms with E-state index in [9.17, 15) is 14.4 Å². The molecule has 0 unspecified atom stereocenters. The van der Waals surface area contributed by atoms with Gasteiger partial charge in [-0.25, -0.2) is 0 Å². The zero-order chi connectivity index (χ0) is 31.1. The molecule has 5 nitrogen and oxygen atoms in total. The normalized spacial score (nSPS) is 11.4. The molecule has 248 valence electrons. The zero-order valence-electron chi connectivity index (χ0n) is 28.5. The summed E-state index contributed by atoms with van der Waals surface area (Å²) < 4.78 is 11.7. The van der Waals surface area contributed by atoms with E-state index in [1.165, 1.54) is 103 Å². The van der Waals surface area contributed by atoms with E-state index in [0.29, 0.717) is 0 Å². The zero-order valence-corrected chi connectivity index (χ0v) is 28.5. The fourth-order valence-electron chi connectivity index (χ4n) is 5.52. The van der Waals surface area contributed by atoms with Crippen LogP contribution in [0.25, 0.3) is 0 Å². The van der Waals surface area contributed by atoms with Crippen LogP contribution in [0.5, 0.6) is 0 Å². The lowest BCUT2D eigenvalue weighted by Gasteiger charge is -2.18. The second-order valence-electron chi connectivity index (χ2n) is 12.6. The van der Waals surface area contributed by atoms with E-state index >= 15 is 0 Å². The second-order valence-corrected chi connectivity index (χ2v) is 12.6. The predicted octanol–water partition coefficient (Wildman–Crippen LogP) is 11.4. The summed E-state index contributed by atoms with van der Waals surface area (Å²) in [7, 11) is 0. The lowest BCUT2D eigenvalue weighted by atomic mass is 10.0.